The van der Waals surface area contributed by atoms with E-state index in [1.165, 1.54) is 0 Å². The number of nitrogens with zero attached hydrogens (tertiary/aromatic N) is 2. The fraction of sp³-hybridized carbons (Fsp3) is 0.875. The van der Waals surface area contributed by atoms with Crippen LogP contribution in [0.25, 0.3) is 0 Å². The average Bonchev–Trinajstić information content (AvgIpc) is 2.82. The smallest absolute Gasteiger partial charge is 0.410 e. The highest BCUT2D eigenvalue weighted by Gasteiger charge is 2.29. The quantitative estimate of drug-likeness (QED) is 0.392. The second kappa shape index (κ2) is 10.2. The van der Waals surface area contributed by atoms with Gasteiger partial charge in [-0.05, 0) is 45.4 Å². The molecule has 136 valence electrons. The zero-order valence-corrected chi connectivity index (χ0v) is 17.4. The Hall–Kier alpha value is -0.730. The molecule has 1 heterocycles. The summed E-state index contributed by atoms with van der Waals surface area (Å²) in [5.74, 6) is 1.51. The van der Waals surface area contributed by atoms with Crippen LogP contribution in [0.4, 0.5) is 4.79 Å². The SMILES string of the molecule is CC(C)CCNC(N)=NCC1CCN(C(=O)OC(C)(C)C)C1.I. The van der Waals surface area contributed by atoms with Crippen molar-refractivity contribution >= 4 is 36.0 Å². The Bertz CT molecular complexity index is 394. The molecule has 0 radical (unpaired) electrons. The number of nitrogens with one attached hydrogen (secondary N) is 1. The lowest BCUT2D eigenvalue weighted by Gasteiger charge is -2.24. The molecule has 3 N–H and O–H groups in total. The van der Waals surface area contributed by atoms with Crippen molar-refractivity contribution in [1.82, 2.24) is 10.2 Å². The minimum absolute atomic E-state index is 0. The minimum Gasteiger partial charge on any atom is -0.444 e. The van der Waals surface area contributed by atoms with Gasteiger partial charge in [-0.25, -0.2) is 4.79 Å². The second-order valence-electron chi connectivity index (χ2n) is 7.42. The molecule has 0 saturated carbocycles. The zero-order valence-electron chi connectivity index (χ0n) is 15.1. The van der Waals surface area contributed by atoms with Crippen molar-refractivity contribution in [3.8, 4) is 0 Å². The van der Waals surface area contributed by atoms with E-state index in [9.17, 15) is 4.79 Å². The number of hydrogen-bond donors (Lipinski definition) is 2. The van der Waals surface area contributed by atoms with Crippen LogP contribution in [-0.4, -0.2) is 48.7 Å². The topological polar surface area (TPSA) is 80.0 Å². The Morgan fingerprint density at radius 1 is 1.43 bits per heavy atom. The van der Waals surface area contributed by atoms with E-state index in [1.54, 1.807) is 4.90 Å². The predicted octanol–water partition coefficient (Wildman–Crippen LogP) is 2.81. The van der Waals surface area contributed by atoms with E-state index in [-0.39, 0.29) is 30.1 Å². The van der Waals surface area contributed by atoms with E-state index in [2.05, 4.69) is 24.2 Å². The Balaban J connectivity index is 0.00000484. The summed E-state index contributed by atoms with van der Waals surface area (Å²) >= 11 is 0. The Kier molecular flexibility index (Phi) is 9.88. The maximum atomic E-state index is 12.0. The van der Waals surface area contributed by atoms with Crippen LogP contribution in [0.15, 0.2) is 4.99 Å². The third-order valence-electron chi connectivity index (χ3n) is 3.49. The van der Waals surface area contributed by atoms with Gasteiger partial charge in [0, 0.05) is 26.2 Å². The van der Waals surface area contributed by atoms with Crippen LogP contribution in [0.3, 0.4) is 0 Å². The lowest BCUT2D eigenvalue weighted by Crippen LogP contribution is -2.36. The largest absolute Gasteiger partial charge is 0.444 e. The molecule has 0 aromatic heterocycles. The van der Waals surface area contributed by atoms with Crippen LogP contribution < -0.4 is 11.1 Å². The maximum absolute atomic E-state index is 12.0. The standard InChI is InChI=1S/C16H32N4O2.HI/c1-12(2)6-8-18-14(17)19-10-13-7-9-20(11-13)15(21)22-16(3,4)5;/h12-13H,6-11H2,1-5H3,(H3,17,18,19);1H. The summed E-state index contributed by atoms with van der Waals surface area (Å²) in [5, 5.41) is 3.13. The van der Waals surface area contributed by atoms with E-state index in [4.69, 9.17) is 10.5 Å². The van der Waals surface area contributed by atoms with Crippen molar-refractivity contribution in [3.63, 3.8) is 0 Å². The zero-order chi connectivity index (χ0) is 16.8. The fourth-order valence-electron chi connectivity index (χ4n) is 2.25. The van der Waals surface area contributed by atoms with Gasteiger partial charge in [0.05, 0.1) is 0 Å². The first-order valence-electron chi connectivity index (χ1n) is 8.19. The first-order valence-corrected chi connectivity index (χ1v) is 8.19. The number of aliphatic imine (C=N–C) groups is 1. The van der Waals surface area contributed by atoms with Gasteiger partial charge in [-0.3, -0.25) is 4.99 Å². The summed E-state index contributed by atoms with van der Waals surface area (Å²) < 4.78 is 5.39. The number of halogens is 1. The summed E-state index contributed by atoms with van der Waals surface area (Å²) in [4.78, 5) is 18.1. The molecule has 1 aliphatic rings. The number of carbonyl (C=O) groups excluding carboxylic acids is 1. The highest BCUT2D eigenvalue weighted by molar-refractivity contribution is 14.0. The molecule has 6 nitrogen and oxygen atoms in total. The van der Waals surface area contributed by atoms with Gasteiger partial charge in [-0.15, -0.1) is 24.0 Å². The van der Waals surface area contributed by atoms with Gasteiger partial charge >= 0.3 is 6.09 Å². The van der Waals surface area contributed by atoms with E-state index in [1.807, 2.05) is 20.8 Å². The van der Waals surface area contributed by atoms with Gasteiger partial charge in [-0.1, -0.05) is 13.8 Å². The Labute approximate surface area is 157 Å². The molecule has 0 bridgehead atoms. The number of guanidine groups is 1. The lowest BCUT2D eigenvalue weighted by atomic mass is 10.1. The number of likely N-dealkylation sites (tertiary alicyclic amines) is 1. The first-order chi connectivity index (χ1) is 10.2. The molecule has 0 aromatic carbocycles. The lowest BCUT2D eigenvalue weighted by molar-refractivity contribution is 0.0289. The van der Waals surface area contributed by atoms with Gasteiger partial charge in [0.15, 0.2) is 5.96 Å². The summed E-state index contributed by atoms with van der Waals surface area (Å²) in [6.45, 7) is 12.9. The van der Waals surface area contributed by atoms with Crippen molar-refractivity contribution in [2.24, 2.45) is 22.6 Å². The molecular formula is C16H33IN4O2. The molecule has 0 aromatic rings. The number of rotatable bonds is 5. The number of carbonyl (C=O) groups is 1. The van der Waals surface area contributed by atoms with Gasteiger partial charge < -0.3 is 20.7 Å². The van der Waals surface area contributed by atoms with Gasteiger partial charge in [-0.2, -0.15) is 0 Å². The van der Waals surface area contributed by atoms with E-state index in [0.717, 1.165) is 25.9 Å². The number of nitrogens with two attached hydrogens (primary N) is 1. The molecule has 1 atom stereocenters. The molecule has 1 unspecified atom stereocenters. The second-order valence-corrected chi connectivity index (χ2v) is 7.42. The van der Waals surface area contributed by atoms with Crippen molar-refractivity contribution in [1.29, 1.82) is 0 Å². The van der Waals surface area contributed by atoms with Crippen LogP contribution >= 0.6 is 24.0 Å². The van der Waals surface area contributed by atoms with E-state index < -0.39 is 5.60 Å². The van der Waals surface area contributed by atoms with Crippen molar-refractivity contribution < 1.29 is 9.53 Å². The number of ether oxygens (including phenoxy) is 1. The van der Waals surface area contributed by atoms with Crippen LogP contribution in [0.5, 0.6) is 0 Å². The maximum Gasteiger partial charge on any atom is 0.410 e. The summed E-state index contributed by atoms with van der Waals surface area (Å²) in [5.41, 5.74) is 5.40. The molecule has 7 heteroatoms. The highest BCUT2D eigenvalue weighted by atomic mass is 127. The van der Waals surface area contributed by atoms with E-state index in [0.29, 0.717) is 30.9 Å². The number of amides is 1. The highest BCUT2D eigenvalue weighted by Crippen LogP contribution is 2.19. The van der Waals surface area contributed by atoms with Crippen LogP contribution in [0, 0.1) is 11.8 Å². The molecule has 1 fully saturated rings. The molecular weight excluding hydrogens is 407 g/mol. The van der Waals surface area contributed by atoms with Crippen LogP contribution in [0.1, 0.15) is 47.5 Å². The summed E-state index contributed by atoms with van der Waals surface area (Å²) in [6, 6.07) is 0. The third-order valence-corrected chi connectivity index (χ3v) is 3.49. The molecule has 1 saturated heterocycles. The molecule has 1 rings (SSSR count). The van der Waals surface area contributed by atoms with Crippen molar-refractivity contribution in [3.05, 3.63) is 0 Å². The van der Waals surface area contributed by atoms with Crippen LogP contribution in [-0.2, 0) is 4.74 Å². The van der Waals surface area contributed by atoms with Gasteiger partial charge in [0.1, 0.15) is 5.60 Å². The summed E-state index contributed by atoms with van der Waals surface area (Å²) in [7, 11) is 0. The van der Waals surface area contributed by atoms with Crippen molar-refractivity contribution in [2.45, 2.75) is 53.1 Å². The molecule has 0 aliphatic carbocycles. The average molecular weight is 440 g/mol. The van der Waals surface area contributed by atoms with E-state index >= 15 is 0 Å². The van der Waals surface area contributed by atoms with Crippen LogP contribution in [0.2, 0.25) is 0 Å². The Morgan fingerprint density at radius 2 is 2.09 bits per heavy atom. The van der Waals surface area contributed by atoms with Gasteiger partial charge in [0.2, 0.25) is 0 Å². The summed E-state index contributed by atoms with van der Waals surface area (Å²) in [6.07, 6.45) is 1.79. The number of hydrogen-bond acceptors (Lipinski definition) is 3. The van der Waals surface area contributed by atoms with Gasteiger partial charge in [0.25, 0.3) is 0 Å². The normalized spacial score (nSPS) is 18.8. The molecule has 23 heavy (non-hydrogen) atoms. The van der Waals surface area contributed by atoms with Crippen molar-refractivity contribution in [2.75, 3.05) is 26.2 Å². The Morgan fingerprint density at radius 3 is 2.65 bits per heavy atom. The molecule has 1 aliphatic heterocycles. The molecule has 1 amide bonds. The first kappa shape index (κ1) is 22.3. The monoisotopic (exact) mass is 440 g/mol. The molecule has 0 spiro atoms. The predicted molar refractivity (Wildman–Crippen MR) is 105 cm³/mol. The fourth-order valence-corrected chi connectivity index (χ4v) is 2.25. The minimum atomic E-state index is -0.446. The third kappa shape index (κ3) is 9.88.